The number of benzene rings is 10. The number of aliphatic imine (C=N–C) groups is 1. The van der Waals surface area contributed by atoms with Gasteiger partial charge in [-0.3, -0.25) is 4.99 Å². The van der Waals surface area contributed by atoms with Crippen LogP contribution in [0.4, 0.5) is 0 Å². The molecule has 0 radical (unpaired) electrons. The Labute approximate surface area is 404 Å². The second kappa shape index (κ2) is 16.3. The van der Waals surface area contributed by atoms with Crippen molar-refractivity contribution in [3.8, 4) is 16.8 Å². The predicted octanol–water partition coefficient (Wildman–Crippen LogP) is 18.6. The van der Waals surface area contributed by atoms with Gasteiger partial charge in [0.15, 0.2) is 0 Å². The van der Waals surface area contributed by atoms with Gasteiger partial charge in [-0.05, 0) is 123 Å². The second-order valence-corrected chi connectivity index (χ2v) is 20.0. The molecule has 0 aliphatic heterocycles. The van der Waals surface area contributed by atoms with Crippen molar-refractivity contribution in [2.24, 2.45) is 10.9 Å². The third kappa shape index (κ3) is 6.81. The zero-order valence-corrected chi connectivity index (χ0v) is 39.6. The lowest BCUT2D eigenvalue weighted by atomic mass is 9.81. The number of fused-ring (bicyclic) bond motifs is 11. The fourth-order valence-corrected chi connectivity index (χ4v) is 12.3. The number of thiophene rings is 1. The van der Waals surface area contributed by atoms with Gasteiger partial charge in [0, 0.05) is 59.0 Å². The summed E-state index contributed by atoms with van der Waals surface area (Å²) in [5.41, 5.74) is 13.2. The minimum atomic E-state index is -0.374. The lowest BCUT2D eigenvalue weighted by Gasteiger charge is -2.26. The van der Waals surface area contributed by atoms with E-state index in [0.29, 0.717) is 0 Å². The van der Waals surface area contributed by atoms with Crippen LogP contribution in [0.3, 0.4) is 0 Å². The first-order valence-electron chi connectivity index (χ1n) is 24.0. The van der Waals surface area contributed by atoms with Crippen LogP contribution in [0, 0.1) is 5.92 Å². The molecular weight excluding hydrogens is 857 g/mol. The molecule has 69 heavy (non-hydrogen) atoms. The van der Waals surface area contributed by atoms with E-state index in [-0.39, 0.29) is 17.9 Å². The van der Waals surface area contributed by atoms with Gasteiger partial charge in [-0.1, -0.05) is 172 Å². The maximum Gasteiger partial charge on any atom is 0.135 e. The van der Waals surface area contributed by atoms with E-state index in [9.17, 15) is 0 Å². The Morgan fingerprint density at radius 3 is 1.93 bits per heavy atom. The van der Waals surface area contributed by atoms with Crippen LogP contribution >= 0.6 is 11.3 Å². The van der Waals surface area contributed by atoms with Crippen LogP contribution < -0.4 is 0 Å². The van der Waals surface area contributed by atoms with E-state index in [0.717, 1.165) is 50.2 Å². The van der Waals surface area contributed by atoms with Gasteiger partial charge in [-0.15, -0.1) is 11.3 Å². The Bertz CT molecular complexity index is 4220. The quantitative estimate of drug-likeness (QED) is 0.105. The Balaban J connectivity index is 1.08. The Morgan fingerprint density at radius 1 is 0.507 bits per heavy atom. The monoisotopic (exact) mass is 904 g/mol. The lowest BCUT2D eigenvalue weighted by Crippen LogP contribution is -2.21. The van der Waals surface area contributed by atoms with Gasteiger partial charge in [0.2, 0.25) is 0 Å². The zero-order valence-electron chi connectivity index (χ0n) is 38.8. The molecule has 3 atom stereocenters. The summed E-state index contributed by atoms with van der Waals surface area (Å²) < 4.78 is 11.4. The first-order valence-corrected chi connectivity index (χ1v) is 24.8. The number of rotatable bonds is 9. The molecule has 0 bridgehead atoms. The standard InChI is InChI=1S/C65H48N2OS/c1-39(2)64(66-65(48-25-16-24-43(32-48)42-18-6-5-7-19-42)41(4)40(3)50-28-17-31-59-62(50)52-27-13-15-30-58(52)68-59)55-37-49(38-61-63(55)54-34-45-21-9-11-23-47(45)36-60(54)69-61)67-56-29-14-12-26-51(56)53-33-44-20-8-10-22-46(44)35-57(53)67/h5-38,40-41,64H,1H2,2-4H3/t40?,41-,64?/m0/s1. The van der Waals surface area contributed by atoms with Crippen LogP contribution in [0.25, 0.3) is 102 Å². The molecule has 10 aromatic carbocycles. The predicted molar refractivity (Wildman–Crippen MR) is 296 cm³/mol. The van der Waals surface area contributed by atoms with E-state index in [4.69, 9.17) is 16.0 Å². The molecule has 0 aliphatic carbocycles. The van der Waals surface area contributed by atoms with Gasteiger partial charge in [0.25, 0.3) is 0 Å². The second-order valence-electron chi connectivity index (χ2n) is 18.9. The van der Waals surface area contributed by atoms with Crippen LogP contribution in [-0.2, 0) is 0 Å². The van der Waals surface area contributed by atoms with Crippen molar-refractivity contribution in [3.05, 3.63) is 235 Å². The first-order chi connectivity index (χ1) is 33.9. The van der Waals surface area contributed by atoms with Gasteiger partial charge >= 0.3 is 0 Å². The molecule has 3 aromatic heterocycles. The molecule has 4 heteroatoms. The summed E-state index contributed by atoms with van der Waals surface area (Å²) in [5.74, 6) is 0.0660. The fourth-order valence-electron chi connectivity index (χ4n) is 11.1. The smallest absolute Gasteiger partial charge is 0.135 e. The number of hydrogen-bond acceptors (Lipinski definition) is 3. The summed E-state index contributed by atoms with van der Waals surface area (Å²) in [6.07, 6.45) is 0. The van der Waals surface area contributed by atoms with E-state index in [1.165, 1.54) is 80.0 Å². The first kappa shape index (κ1) is 41.2. The molecule has 2 unspecified atom stereocenters. The molecule has 0 spiro atoms. The maximum atomic E-state index is 6.46. The summed E-state index contributed by atoms with van der Waals surface area (Å²) in [5, 5.41) is 12.2. The van der Waals surface area contributed by atoms with Crippen LogP contribution in [0.2, 0.25) is 0 Å². The number of aromatic nitrogens is 1. The van der Waals surface area contributed by atoms with Crippen molar-refractivity contribution in [3.63, 3.8) is 0 Å². The highest BCUT2D eigenvalue weighted by Crippen LogP contribution is 2.46. The maximum absolute atomic E-state index is 6.46. The summed E-state index contributed by atoms with van der Waals surface area (Å²) in [7, 11) is 0. The SMILES string of the molecule is C=C(C)C(N=C(c1cccc(-c2ccccc2)c1)[C@@H](C)C(C)c1cccc2oc3ccccc3c12)c1cc(-n2c3ccccc3c3cc4ccccc4cc32)cc2sc3cc4ccccc4cc3c12. The molecule has 330 valence electrons. The molecule has 0 aliphatic rings. The van der Waals surface area contributed by atoms with Crippen molar-refractivity contribution in [1.29, 1.82) is 0 Å². The summed E-state index contributed by atoms with van der Waals surface area (Å²) in [6.45, 7) is 11.7. The zero-order chi connectivity index (χ0) is 46.3. The molecule has 0 amide bonds. The molecular formula is C65H48N2OS. The van der Waals surface area contributed by atoms with Crippen LogP contribution in [-0.4, -0.2) is 10.3 Å². The molecule has 13 rings (SSSR count). The van der Waals surface area contributed by atoms with E-state index in [2.05, 4.69) is 226 Å². The third-order valence-electron chi connectivity index (χ3n) is 14.7. The molecule has 13 aromatic rings. The van der Waals surface area contributed by atoms with Crippen molar-refractivity contribution in [2.45, 2.75) is 32.7 Å². The van der Waals surface area contributed by atoms with Gasteiger partial charge in [-0.2, -0.15) is 0 Å². The largest absolute Gasteiger partial charge is 0.456 e. The third-order valence-corrected chi connectivity index (χ3v) is 15.8. The molecule has 3 heterocycles. The van der Waals surface area contributed by atoms with Crippen molar-refractivity contribution in [1.82, 2.24) is 4.57 Å². The van der Waals surface area contributed by atoms with E-state index < -0.39 is 0 Å². The van der Waals surface area contributed by atoms with E-state index in [1.807, 2.05) is 17.4 Å². The minimum Gasteiger partial charge on any atom is -0.456 e. The average Bonchev–Trinajstić information content (AvgIpc) is 4.06. The highest BCUT2D eigenvalue weighted by Gasteiger charge is 2.28. The number of para-hydroxylation sites is 2. The molecule has 0 saturated heterocycles. The van der Waals surface area contributed by atoms with Gasteiger partial charge in [0.1, 0.15) is 11.2 Å². The highest BCUT2D eigenvalue weighted by atomic mass is 32.1. The van der Waals surface area contributed by atoms with Crippen molar-refractivity contribution in [2.75, 3.05) is 0 Å². The molecule has 0 saturated carbocycles. The van der Waals surface area contributed by atoms with Crippen molar-refractivity contribution >= 4 is 103 Å². The van der Waals surface area contributed by atoms with Gasteiger partial charge < -0.3 is 8.98 Å². The summed E-state index contributed by atoms with van der Waals surface area (Å²) in [4.78, 5) is 6.10. The average molecular weight is 905 g/mol. The fraction of sp³-hybridized carbons (Fsp3) is 0.0923. The lowest BCUT2D eigenvalue weighted by molar-refractivity contribution is 0.621. The summed E-state index contributed by atoms with van der Waals surface area (Å²) in [6, 6.07) is 74.8. The normalized spacial score (nSPS) is 13.7. The Hall–Kier alpha value is -8.05. The van der Waals surface area contributed by atoms with Crippen LogP contribution in [0.5, 0.6) is 0 Å². The highest BCUT2D eigenvalue weighted by molar-refractivity contribution is 7.26. The summed E-state index contributed by atoms with van der Waals surface area (Å²) >= 11 is 1.87. The van der Waals surface area contributed by atoms with Crippen LogP contribution in [0.15, 0.2) is 228 Å². The molecule has 0 N–H and O–H groups in total. The topological polar surface area (TPSA) is 30.4 Å². The van der Waals surface area contributed by atoms with Gasteiger partial charge in [-0.25, -0.2) is 0 Å². The Morgan fingerprint density at radius 2 is 1.14 bits per heavy atom. The van der Waals surface area contributed by atoms with E-state index in [1.54, 1.807) is 0 Å². The number of furan rings is 1. The minimum absolute atomic E-state index is 0.00964. The van der Waals surface area contributed by atoms with Crippen LogP contribution in [0.1, 0.15) is 49.4 Å². The van der Waals surface area contributed by atoms with Crippen molar-refractivity contribution < 1.29 is 4.42 Å². The number of nitrogens with zero attached hydrogens (tertiary/aromatic N) is 2. The van der Waals surface area contributed by atoms with Gasteiger partial charge in [0.05, 0.1) is 17.1 Å². The van der Waals surface area contributed by atoms with E-state index >= 15 is 0 Å². The molecule has 0 fully saturated rings. The number of hydrogen-bond donors (Lipinski definition) is 0. The Kier molecular flexibility index (Phi) is 9.74. The molecule has 3 nitrogen and oxygen atoms in total.